The molecule has 0 amide bonds. The Hall–Kier alpha value is -1.67. The van der Waals surface area contributed by atoms with Crippen LogP contribution in [-0.2, 0) is 10.0 Å². The molecule has 0 aromatic heterocycles. The molecule has 3 N–H and O–H groups in total. The molecule has 0 heterocycles. The number of hydrogen-bond donors (Lipinski definition) is 2. The fourth-order valence-corrected chi connectivity index (χ4v) is 2.89. The molecular weight excluding hydrogens is 282 g/mol. The van der Waals surface area contributed by atoms with Crippen LogP contribution >= 0.6 is 0 Å². The van der Waals surface area contributed by atoms with Gasteiger partial charge >= 0.3 is 5.69 Å². The lowest BCUT2D eigenvalue weighted by molar-refractivity contribution is -0.386. The van der Waals surface area contributed by atoms with Crippen LogP contribution < -0.4 is 10.5 Å². The Balaban J connectivity index is 3.17. The second kappa shape index (κ2) is 5.76. The van der Waals surface area contributed by atoms with Crippen molar-refractivity contribution in [2.24, 2.45) is 5.41 Å². The number of nitrogens with one attached hydrogen (secondary N) is 1. The van der Waals surface area contributed by atoms with Crippen LogP contribution in [0.4, 0.5) is 11.4 Å². The highest BCUT2D eigenvalue weighted by atomic mass is 32.2. The Bertz CT molecular complexity index is 611. The number of rotatable bonds is 6. The average molecular weight is 301 g/mol. The minimum Gasteiger partial charge on any atom is -0.393 e. The minimum absolute atomic E-state index is 0.173. The van der Waals surface area contributed by atoms with Gasteiger partial charge in [-0.1, -0.05) is 26.8 Å². The van der Waals surface area contributed by atoms with Gasteiger partial charge in [-0.25, -0.2) is 13.1 Å². The van der Waals surface area contributed by atoms with Crippen molar-refractivity contribution in [3.05, 3.63) is 28.3 Å². The van der Waals surface area contributed by atoms with Gasteiger partial charge in [0.25, 0.3) is 0 Å². The van der Waals surface area contributed by atoms with Gasteiger partial charge in [0, 0.05) is 6.54 Å². The van der Waals surface area contributed by atoms with Gasteiger partial charge in [0.05, 0.1) is 4.92 Å². The first kappa shape index (κ1) is 16.4. The quantitative estimate of drug-likeness (QED) is 0.473. The highest BCUT2D eigenvalue weighted by molar-refractivity contribution is 7.89. The van der Waals surface area contributed by atoms with Crippen LogP contribution in [0.25, 0.3) is 0 Å². The molecule has 0 saturated carbocycles. The van der Waals surface area contributed by atoms with E-state index < -0.39 is 25.5 Å². The molecule has 0 aliphatic rings. The van der Waals surface area contributed by atoms with E-state index in [1.807, 2.05) is 20.8 Å². The van der Waals surface area contributed by atoms with Gasteiger partial charge in [-0.15, -0.1) is 0 Å². The van der Waals surface area contributed by atoms with Crippen LogP contribution in [0.2, 0.25) is 0 Å². The molecule has 1 aromatic rings. The highest BCUT2D eigenvalue weighted by Crippen LogP contribution is 2.30. The van der Waals surface area contributed by atoms with Gasteiger partial charge in [-0.05, 0) is 24.0 Å². The van der Waals surface area contributed by atoms with Crippen LogP contribution in [0.5, 0.6) is 0 Å². The first-order valence-electron chi connectivity index (χ1n) is 6.13. The summed E-state index contributed by atoms with van der Waals surface area (Å²) in [5, 5.41) is 11.0. The summed E-state index contributed by atoms with van der Waals surface area (Å²) in [6.07, 6.45) is 0.772. The van der Waals surface area contributed by atoms with E-state index in [0.29, 0.717) is 0 Å². The summed E-state index contributed by atoms with van der Waals surface area (Å²) in [6, 6.07) is 3.85. The summed E-state index contributed by atoms with van der Waals surface area (Å²) in [7, 11) is -3.97. The molecule has 0 radical (unpaired) electrons. The summed E-state index contributed by atoms with van der Waals surface area (Å²) in [6.45, 7) is 5.95. The Labute approximate surface area is 118 Å². The Morgan fingerprint density at radius 3 is 2.50 bits per heavy atom. The van der Waals surface area contributed by atoms with Crippen LogP contribution in [0, 0.1) is 15.5 Å². The van der Waals surface area contributed by atoms with Crippen LogP contribution in [0.1, 0.15) is 27.2 Å². The second-order valence-electron chi connectivity index (χ2n) is 5.29. The first-order chi connectivity index (χ1) is 9.10. The fraction of sp³-hybridized carbons (Fsp3) is 0.500. The van der Waals surface area contributed by atoms with Crippen LogP contribution in [-0.4, -0.2) is 19.9 Å². The van der Waals surface area contributed by atoms with Gasteiger partial charge in [-0.2, -0.15) is 0 Å². The zero-order valence-corrected chi connectivity index (χ0v) is 12.5. The maximum Gasteiger partial charge on any atom is 0.312 e. The van der Waals surface area contributed by atoms with Crippen molar-refractivity contribution in [3.8, 4) is 0 Å². The number of benzene rings is 1. The molecule has 0 saturated heterocycles. The molecule has 0 bridgehead atoms. The normalized spacial score (nSPS) is 12.3. The number of nitro benzene ring substituents is 1. The number of nitrogens with zero attached hydrogens (tertiary/aromatic N) is 1. The van der Waals surface area contributed by atoms with Gasteiger partial charge in [-0.3, -0.25) is 10.1 Å². The Morgan fingerprint density at radius 2 is 2.00 bits per heavy atom. The van der Waals surface area contributed by atoms with Crippen molar-refractivity contribution in [2.45, 2.75) is 32.1 Å². The second-order valence-corrected chi connectivity index (χ2v) is 7.03. The third-order valence-electron chi connectivity index (χ3n) is 3.20. The van der Waals surface area contributed by atoms with Crippen LogP contribution in [0.3, 0.4) is 0 Å². The minimum atomic E-state index is -3.97. The van der Waals surface area contributed by atoms with E-state index in [0.717, 1.165) is 6.42 Å². The molecule has 0 spiro atoms. The summed E-state index contributed by atoms with van der Waals surface area (Å²) in [4.78, 5) is 9.79. The molecule has 20 heavy (non-hydrogen) atoms. The van der Waals surface area contributed by atoms with Gasteiger partial charge in [0.1, 0.15) is 5.69 Å². The smallest absolute Gasteiger partial charge is 0.312 e. The molecule has 1 rings (SSSR count). The Kier molecular flexibility index (Phi) is 4.72. The predicted octanol–water partition coefficient (Wildman–Crippen LogP) is 1.89. The lowest BCUT2D eigenvalue weighted by Crippen LogP contribution is -2.34. The van der Waals surface area contributed by atoms with Crippen molar-refractivity contribution in [1.82, 2.24) is 4.72 Å². The zero-order chi connectivity index (χ0) is 15.6. The zero-order valence-electron chi connectivity index (χ0n) is 11.7. The number of nitro groups is 1. The molecule has 0 fully saturated rings. The van der Waals surface area contributed by atoms with E-state index >= 15 is 0 Å². The maximum absolute atomic E-state index is 12.2. The van der Waals surface area contributed by atoms with Crippen molar-refractivity contribution < 1.29 is 13.3 Å². The molecule has 112 valence electrons. The molecule has 0 aliphatic heterocycles. The SMILES string of the molecule is CCC(C)(C)CNS(=O)(=O)c1cccc(N)c1[N+](=O)[O-]. The Morgan fingerprint density at radius 1 is 1.40 bits per heavy atom. The number of sulfonamides is 1. The monoisotopic (exact) mass is 301 g/mol. The topological polar surface area (TPSA) is 115 Å². The van der Waals surface area contributed by atoms with E-state index in [1.165, 1.54) is 18.2 Å². The lowest BCUT2D eigenvalue weighted by atomic mass is 9.91. The highest BCUT2D eigenvalue weighted by Gasteiger charge is 2.29. The summed E-state index contributed by atoms with van der Waals surface area (Å²) >= 11 is 0. The number of anilines is 1. The van der Waals surface area contributed by atoms with Crippen molar-refractivity contribution in [2.75, 3.05) is 12.3 Å². The number of para-hydroxylation sites is 1. The summed E-state index contributed by atoms with van der Waals surface area (Å²) in [5.74, 6) is 0. The molecule has 1 aromatic carbocycles. The molecule has 0 unspecified atom stereocenters. The molecule has 0 atom stereocenters. The standard InChI is InChI=1S/C12H19N3O4S/c1-4-12(2,3)8-14-20(18,19)10-7-5-6-9(13)11(10)15(16)17/h5-7,14H,4,8,13H2,1-3H3. The number of nitrogen functional groups attached to an aromatic ring is 1. The third-order valence-corrected chi connectivity index (χ3v) is 4.63. The van der Waals surface area contributed by atoms with E-state index in [1.54, 1.807) is 0 Å². The molecule has 8 heteroatoms. The van der Waals surface area contributed by atoms with Gasteiger partial charge in [0.15, 0.2) is 4.90 Å². The first-order valence-corrected chi connectivity index (χ1v) is 7.61. The van der Waals surface area contributed by atoms with Crippen molar-refractivity contribution in [3.63, 3.8) is 0 Å². The average Bonchev–Trinajstić information content (AvgIpc) is 2.36. The maximum atomic E-state index is 12.2. The van der Waals surface area contributed by atoms with Gasteiger partial charge < -0.3 is 5.73 Å². The van der Waals surface area contributed by atoms with E-state index in [-0.39, 0.29) is 17.6 Å². The number of hydrogen-bond acceptors (Lipinski definition) is 5. The lowest BCUT2D eigenvalue weighted by Gasteiger charge is -2.22. The van der Waals surface area contributed by atoms with Crippen LogP contribution in [0.15, 0.2) is 23.1 Å². The molecule has 7 nitrogen and oxygen atoms in total. The van der Waals surface area contributed by atoms with E-state index in [4.69, 9.17) is 5.73 Å². The van der Waals surface area contributed by atoms with Gasteiger partial charge in [0.2, 0.25) is 10.0 Å². The number of nitrogens with two attached hydrogens (primary N) is 1. The predicted molar refractivity (Wildman–Crippen MR) is 76.8 cm³/mol. The molecule has 0 aliphatic carbocycles. The largest absolute Gasteiger partial charge is 0.393 e. The third kappa shape index (κ3) is 3.67. The van der Waals surface area contributed by atoms with E-state index in [9.17, 15) is 18.5 Å². The van der Waals surface area contributed by atoms with Crippen molar-refractivity contribution in [1.29, 1.82) is 0 Å². The summed E-state index contributed by atoms with van der Waals surface area (Å²) < 4.78 is 26.8. The van der Waals surface area contributed by atoms with E-state index in [2.05, 4.69) is 4.72 Å². The molecular formula is C12H19N3O4S. The fourth-order valence-electron chi connectivity index (χ4n) is 1.44. The van der Waals surface area contributed by atoms with Crippen molar-refractivity contribution >= 4 is 21.4 Å². The summed E-state index contributed by atoms with van der Waals surface area (Å²) in [5.41, 5.74) is 4.50.